The molecule has 0 saturated carbocycles. The van der Waals surface area contributed by atoms with Crippen molar-refractivity contribution in [2.75, 3.05) is 38.5 Å². The summed E-state index contributed by atoms with van der Waals surface area (Å²) in [7, 11) is 3.08. The summed E-state index contributed by atoms with van der Waals surface area (Å²) in [6, 6.07) is -0.109. The van der Waals surface area contributed by atoms with Crippen LogP contribution in [-0.4, -0.2) is 43.0 Å². The molecule has 4 N–H and O–H groups in total. The van der Waals surface area contributed by atoms with Gasteiger partial charge in [0.25, 0.3) is 5.56 Å². The second-order valence-electron chi connectivity index (χ2n) is 4.16. The molecule has 108 valence electrons. The molecule has 0 aliphatic heterocycles. The van der Waals surface area contributed by atoms with Crippen LogP contribution in [0, 0.1) is 0 Å². The molecule has 0 saturated heterocycles. The molecular formula is C11H20N4O4. The molecule has 0 aliphatic rings. The van der Waals surface area contributed by atoms with E-state index in [1.165, 1.54) is 11.7 Å². The highest BCUT2D eigenvalue weighted by molar-refractivity contribution is 5.60. The van der Waals surface area contributed by atoms with Crippen molar-refractivity contribution in [3.8, 4) is 0 Å². The van der Waals surface area contributed by atoms with Gasteiger partial charge in [-0.15, -0.1) is 0 Å². The Balaban J connectivity index is 3.10. The number of H-pyrrole nitrogens is 1. The van der Waals surface area contributed by atoms with Crippen molar-refractivity contribution in [1.29, 1.82) is 0 Å². The van der Waals surface area contributed by atoms with Gasteiger partial charge in [0.05, 0.1) is 19.8 Å². The molecule has 19 heavy (non-hydrogen) atoms. The van der Waals surface area contributed by atoms with E-state index in [-0.39, 0.29) is 24.1 Å². The van der Waals surface area contributed by atoms with E-state index in [9.17, 15) is 9.59 Å². The van der Waals surface area contributed by atoms with E-state index in [2.05, 4.69) is 10.3 Å². The number of nitrogens with one attached hydrogen (secondary N) is 2. The zero-order chi connectivity index (χ0) is 14.4. The molecule has 1 unspecified atom stereocenters. The maximum absolute atomic E-state index is 11.7. The summed E-state index contributed by atoms with van der Waals surface area (Å²) in [5, 5.41) is 2.93. The number of nitrogens with two attached hydrogens (primary N) is 1. The van der Waals surface area contributed by atoms with E-state index in [1.54, 1.807) is 7.11 Å². The first-order valence-corrected chi connectivity index (χ1v) is 5.88. The number of nitrogens with zero attached hydrogens (tertiary/aromatic N) is 1. The van der Waals surface area contributed by atoms with Gasteiger partial charge in [-0.25, -0.2) is 4.79 Å². The van der Waals surface area contributed by atoms with Gasteiger partial charge >= 0.3 is 5.69 Å². The standard InChI is InChI=1S/C11H20N4O4/c1-7(6-19-3)13-8-9(12)15(4-5-18-2)11(17)14-10(8)16/h7,13H,4-6,12H2,1-3H3,(H,14,16,17). The Labute approximate surface area is 110 Å². The van der Waals surface area contributed by atoms with Crippen LogP contribution in [0.25, 0.3) is 0 Å². The molecule has 0 fully saturated rings. The Morgan fingerprint density at radius 1 is 1.37 bits per heavy atom. The molecule has 0 aliphatic carbocycles. The normalized spacial score (nSPS) is 12.4. The molecule has 8 nitrogen and oxygen atoms in total. The van der Waals surface area contributed by atoms with Crippen LogP contribution >= 0.6 is 0 Å². The number of hydrogen-bond acceptors (Lipinski definition) is 6. The lowest BCUT2D eigenvalue weighted by molar-refractivity contribution is 0.186. The van der Waals surface area contributed by atoms with Crippen molar-refractivity contribution in [2.45, 2.75) is 19.5 Å². The number of ether oxygens (including phenoxy) is 2. The van der Waals surface area contributed by atoms with Crippen LogP contribution in [0.15, 0.2) is 9.59 Å². The van der Waals surface area contributed by atoms with Crippen molar-refractivity contribution in [1.82, 2.24) is 9.55 Å². The number of aromatic nitrogens is 2. The largest absolute Gasteiger partial charge is 0.383 e. The molecule has 8 heteroatoms. The Morgan fingerprint density at radius 3 is 2.63 bits per heavy atom. The Bertz CT molecular complexity index is 522. The fraction of sp³-hybridized carbons (Fsp3) is 0.636. The van der Waals surface area contributed by atoms with Gasteiger partial charge in [0.2, 0.25) is 0 Å². The summed E-state index contributed by atoms with van der Waals surface area (Å²) in [5.41, 5.74) is 4.93. The van der Waals surface area contributed by atoms with Gasteiger partial charge in [0.1, 0.15) is 11.5 Å². The third-order valence-corrected chi connectivity index (χ3v) is 2.57. The van der Waals surface area contributed by atoms with Crippen molar-refractivity contribution >= 4 is 11.5 Å². The molecule has 0 aromatic carbocycles. The molecule has 0 spiro atoms. The zero-order valence-electron chi connectivity index (χ0n) is 11.4. The number of hydrogen-bond donors (Lipinski definition) is 3. The van der Waals surface area contributed by atoms with Crippen LogP contribution in [0.4, 0.5) is 11.5 Å². The fourth-order valence-electron chi connectivity index (χ4n) is 1.67. The Kier molecular flexibility index (Phi) is 5.58. The second-order valence-corrected chi connectivity index (χ2v) is 4.16. The van der Waals surface area contributed by atoms with Gasteiger partial charge < -0.3 is 20.5 Å². The monoisotopic (exact) mass is 272 g/mol. The lowest BCUT2D eigenvalue weighted by Crippen LogP contribution is -2.36. The fourth-order valence-corrected chi connectivity index (χ4v) is 1.67. The highest BCUT2D eigenvalue weighted by Crippen LogP contribution is 2.11. The van der Waals surface area contributed by atoms with Gasteiger partial charge in [-0.3, -0.25) is 14.3 Å². The molecule has 0 bridgehead atoms. The maximum Gasteiger partial charge on any atom is 0.330 e. The predicted molar refractivity (Wildman–Crippen MR) is 72.6 cm³/mol. The quantitative estimate of drug-likeness (QED) is 0.600. The SMILES string of the molecule is COCCn1c(N)c(NC(C)COC)c(=O)[nH]c1=O. The molecule has 1 atom stereocenters. The van der Waals surface area contributed by atoms with E-state index in [1.807, 2.05) is 6.92 Å². The summed E-state index contributed by atoms with van der Waals surface area (Å²) in [4.78, 5) is 25.6. The molecule has 1 heterocycles. The highest BCUT2D eigenvalue weighted by Gasteiger charge is 2.14. The molecule has 0 radical (unpaired) electrons. The minimum Gasteiger partial charge on any atom is -0.383 e. The minimum absolute atomic E-state index is 0.0914. The average Bonchev–Trinajstić information content (AvgIpc) is 2.34. The Hall–Kier alpha value is -1.80. The van der Waals surface area contributed by atoms with Crippen molar-refractivity contribution in [2.24, 2.45) is 0 Å². The summed E-state index contributed by atoms with van der Waals surface area (Å²) < 4.78 is 11.1. The van der Waals surface area contributed by atoms with E-state index in [0.29, 0.717) is 13.2 Å². The first-order valence-electron chi connectivity index (χ1n) is 5.88. The topological polar surface area (TPSA) is 111 Å². The second kappa shape index (κ2) is 6.95. The summed E-state index contributed by atoms with van der Waals surface area (Å²) in [6.45, 7) is 2.84. The van der Waals surface area contributed by atoms with Gasteiger partial charge in [0.15, 0.2) is 0 Å². The number of nitrogen functional groups attached to an aromatic ring is 1. The average molecular weight is 272 g/mol. The predicted octanol–water partition coefficient (Wildman–Crippen LogP) is -0.788. The van der Waals surface area contributed by atoms with Crippen LogP contribution in [0.2, 0.25) is 0 Å². The summed E-state index contributed by atoms with van der Waals surface area (Å²) in [6.07, 6.45) is 0. The lowest BCUT2D eigenvalue weighted by Gasteiger charge is -2.17. The molecular weight excluding hydrogens is 252 g/mol. The first kappa shape index (κ1) is 15.3. The summed E-state index contributed by atoms with van der Waals surface area (Å²) >= 11 is 0. The van der Waals surface area contributed by atoms with E-state index in [0.717, 1.165) is 0 Å². The number of rotatable bonds is 7. The van der Waals surface area contributed by atoms with Crippen LogP contribution in [0.5, 0.6) is 0 Å². The van der Waals surface area contributed by atoms with E-state index in [4.69, 9.17) is 15.2 Å². The highest BCUT2D eigenvalue weighted by atomic mass is 16.5. The molecule has 1 rings (SSSR count). The van der Waals surface area contributed by atoms with Crippen LogP contribution in [0.3, 0.4) is 0 Å². The smallest absolute Gasteiger partial charge is 0.330 e. The van der Waals surface area contributed by atoms with Crippen LogP contribution in [-0.2, 0) is 16.0 Å². The molecule has 1 aromatic heterocycles. The molecule has 1 aromatic rings. The van der Waals surface area contributed by atoms with E-state index >= 15 is 0 Å². The number of aromatic amines is 1. The van der Waals surface area contributed by atoms with Crippen molar-refractivity contribution < 1.29 is 9.47 Å². The Morgan fingerprint density at radius 2 is 2.05 bits per heavy atom. The number of methoxy groups -OCH3 is 2. The van der Waals surface area contributed by atoms with Gasteiger partial charge in [0, 0.05) is 20.3 Å². The zero-order valence-corrected chi connectivity index (χ0v) is 11.4. The van der Waals surface area contributed by atoms with Gasteiger partial charge in [-0.05, 0) is 6.92 Å². The van der Waals surface area contributed by atoms with E-state index < -0.39 is 11.2 Å². The van der Waals surface area contributed by atoms with Crippen molar-refractivity contribution in [3.05, 3.63) is 20.8 Å². The van der Waals surface area contributed by atoms with Gasteiger partial charge in [-0.1, -0.05) is 0 Å². The third kappa shape index (κ3) is 3.83. The molecule has 0 amide bonds. The maximum atomic E-state index is 11.7. The van der Waals surface area contributed by atoms with Crippen molar-refractivity contribution in [3.63, 3.8) is 0 Å². The minimum atomic E-state index is -0.551. The van der Waals surface area contributed by atoms with Crippen LogP contribution < -0.4 is 22.3 Å². The number of anilines is 2. The summed E-state index contributed by atoms with van der Waals surface area (Å²) in [5.74, 6) is 0.0914. The first-order chi connectivity index (χ1) is 9.01. The third-order valence-electron chi connectivity index (χ3n) is 2.57. The van der Waals surface area contributed by atoms with Crippen LogP contribution in [0.1, 0.15) is 6.92 Å². The van der Waals surface area contributed by atoms with Gasteiger partial charge in [-0.2, -0.15) is 0 Å². The lowest BCUT2D eigenvalue weighted by atomic mass is 10.3.